The van der Waals surface area contributed by atoms with E-state index in [0.29, 0.717) is 30.7 Å². The lowest BCUT2D eigenvalue weighted by molar-refractivity contribution is -0.120. The largest absolute Gasteiger partial charge is 0.441 e. The molecule has 0 aromatic carbocycles. The van der Waals surface area contributed by atoms with Crippen LogP contribution in [0.5, 0.6) is 0 Å². The monoisotopic (exact) mass is 741 g/mol. The third-order valence-electron chi connectivity index (χ3n) is 7.49. The number of pyridine rings is 1. The second-order valence-corrected chi connectivity index (χ2v) is 15.2. The number of aliphatic hydroxyl groups excluding tert-OH is 2. The van der Waals surface area contributed by atoms with Crippen molar-refractivity contribution in [3.8, 4) is 0 Å². The number of hydrogen-bond donors (Lipinski definition) is 4. The maximum absolute atomic E-state index is 13.0. The van der Waals surface area contributed by atoms with Gasteiger partial charge >= 0.3 is 6.09 Å². The summed E-state index contributed by atoms with van der Waals surface area (Å²) in [5.41, 5.74) is 0.492. The van der Waals surface area contributed by atoms with Crippen LogP contribution < -0.4 is 10.6 Å². The number of Topliss-reactive ketones (excluding diaryl/α,β-unsaturated/α-hetero) is 1. The lowest BCUT2D eigenvalue weighted by Gasteiger charge is -2.33. The van der Waals surface area contributed by atoms with Crippen molar-refractivity contribution < 1.29 is 29.3 Å². The smallest absolute Gasteiger partial charge is 0.407 e. The number of amides is 2. The summed E-state index contributed by atoms with van der Waals surface area (Å²) in [5, 5.41) is 24.0. The van der Waals surface area contributed by atoms with Crippen LogP contribution >= 0.6 is 21.6 Å². The van der Waals surface area contributed by atoms with Gasteiger partial charge in [0.1, 0.15) is 6.10 Å². The first kappa shape index (κ1) is 45.6. The van der Waals surface area contributed by atoms with Crippen molar-refractivity contribution in [3.05, 3.63) is 103 Å². The minimum absolute atomic E-state index is 0.00566. The molecule has 2 amide bonds. The lowest BCUT2D eigenvalue weighted by Crippen LogP contribution is -2.41. The fourth-order valence-electron chi connectivity index (χ4n) is 4.40. The molecule has 0 fully saturated rings. The fourth-order valence-corrected chi connectivity index (χ4v) is 7.10. The van der Waals surface area contributed by atoms with Crippen molar-refractivity contribution in [2.75, 3.05) is 32.1 Å². The van der Waals surface area contributed by atoms with Crippen LogP contribution in [0.2, 0.25) is 0 Å². The zero-order chi connectivity index (χ0) is 37.4. The first-order valence-corrected chi connectivity index (χ1v) is 20.1. The maximum atomic E-state index is 13.0. The Bertz CT molecular complexity index is 1270. The number of rotatable bonds is 28. The highest BCUT2D eigenvalue weighted by Gasteiger charge is 2.33. The highest BCUT2D eigenvalue weighted by Crippen LogP contribution is 2.42. The van der Waals surface area contributed by atoms with Gasteiger partial charge in [-0.15, -0.1) is 0 Å². The number of alkyl carbamates (subject to hydrolysis) is 1. The topological polar surface area (TPSA) is 138 Å². The van der Waals surface area contributed by atoms with Crippen LogP contribution in [-0.4, -0.2) is 75.9 Å². The highest BCUT2D eigenvalue weighted by molar-refractivity contribution is 8.77. The third-order valence-corrected chi connectivity index (χ3v) is 10.9. The summed E-state index contributed by atoms with van der Waals surface area (Å²) in [6.45, 7) is 5.84. The summed E-state index contributed by atoms with van der Waals surface area (Å²) in [6, 6.07) is 3.41. The molecule has 0 unspecified atom stereocenters. The van der Waals surface area contributed by atoms with E-state index in [4.69, 9.17) is 4.74 Å². The molecule has 0 spiro atoms. The Morgan fingerprint density at radius 2 is 1.43 bits per heavy atom. The minimum atomic E-state index is -1.01. The number of hydrogen-bond acceptors (Lipinski definition) is 9. The molecule has 0 aliphatic carbocycles. The van der Waals surface area contributed by atoms with E-state index >= 15 is 0 Å². The molecule has 1 aromatic heterocycles. The van der Waals surface area contributed by atoms with Crippen LogP contribution in [0.25, 0.3) is 0 Å². The van der Waals surface area contributed by atoms with Gasteiger partial charge in [0.05, 0.1) is 13.2 Å². The van der Waals surface area contributed by atoms with E-state index in [1.807, 2.05) is 19.9 Å². The van der Waals surface area contributed by atoms with Crippen molar-refractivity contribution in [1.82, 2.24) is 15.6 Å². The van der Waals surface area contributed by atoms with E-state index in [9.17, 15) is 24.6 Å². The molecular formula is C40H59N3O6S2. The Morgan fingerprint density at radius 3 is 1.96 bits per heavy atom. The minimum Gasteiger partial charge on any atom is -0.441 e. The maximum Gasteiger partial charge on any atom is 0.407 e. The van der Waals surface area contributed by atoms with E-state index in [-0.39, 0.29) is 30.6 Å². The van der Waals surface area contributed by atoms with Crippen LogP contribution in [0.15, 0.2) is 97.4 Å². The molecule has 1 rings (SSSR count). The summed E-state index contributed by atoms with van der Waals surface area (Å²) in [7, 11) is 3.18. The molecule has 1 aromatic rings. The number of allylic oxidation sites excluding steroid dienone is 12. The number of nitrogens with zero attached hydrogens (tertiary/aromatic N) is 1. The standard InChI is InChI=1S/C40H59N3O6S2/c1-4-5-6-7-8-9-10-11-12-13-14-15-16-17-18-19-20-21-22-25-38(47)42-27-28-50-51-40(2,3)35(29-37(46)34-24-23-26-41-30-34)31-43-39(48)49-36(32-44)33-45/h5-6,8-9,11-12,14-15,17-18,20-21,23-24,26,30,35-36,44-45H,4,7,10,13,16,19,22,25,27-29,31-33H2,1-3H3,(H,42,47)(H,43,48)/b6-5-,9-8-,12-11-,15-14-,18-17-,21-20-/t35-/m1/s1. The molecule has 11 heteroatoms. The van der Waals surface area contributed by atoms with Gasteiger partial charge in [-0.05, 0) is 76.8 Å². The second-order valence-electron chi connectivity index (χ2n) is 12.2. The molecule has 1 heterocycles. The van der Waals surface area contributed by atoms with Gasteiger partial charge < -0.3 is 25.6 Å². The Balaban J connectivity index is 2.32. The van der Waals surface area contributed by atoms with Crippen molar-refractivity contribution in [1.29, 1.82) is 0 Å². The molecule has 0 bridgehead atoms. The molecule has 282 valence electrons. The van der Waals surface area contributed by atoms with Crippen molar-refractivity contribution >= 4 is 39.4 Å². The lowest BCUT2D eigenvalue weighted by atomic mass is 9.88. The summed E-state index contributed by atoms with van der Waals surface area (Å²) >= 11 is 0. The SMILES string of the molecule is CC/C=C\C/C=C\C/C=C\C/C=C\C/C=C\C/C=C\CCC(=O)NCCSSC(C)(C)[C@@H](CNC(=O)OC(CO)CO)CC(=O)c1cccnc1. The molecule has 0 aliphatic heterocycles. The molecule has 0 saturated heterocycles. The van der Waals surface area contributed by atoms with Crippen LogP contribution in [0.1, 0.15) is 88.9 Å². The number of nitrogens with one attached hydrogen (secondary N) is 2. The normalized spacial score (nSPS) is 13.1. The number of aromatic nitrogens is 1. The molecule has 4 N–H and O–H groups in total. The third kappa shape index (κ3) is 24.4. The van der Waals surface area contributed by atoms with E-state index in [1.54, 1.807) is 39.9 Å². The Labute approximate surface area is 313 Å². The molecule has 51 heavy (non-hydrogen) atoms. The van der Waals surface area contributed by atoms with Gasteiger partial charge in [-0.1, -0.05) is 101 Å². The van der Waals surface area contributed by atoms with E-state index in [1.165, 1.54) is 6.20 Å². The van der Waals surface area contributed by atoms with Gasteiger partial charge in [-0.2, -0.15) is 0 Å². The summed E-state index contributed by atoms with van der Waals surface area (Å²) < 4.78 is 4.58. The number of carbonyl (C=O) groups is 3. The van der Waals surface area contributed by atoms with Gasteiger partial charge in [0, 0.05) is 54.4 Å². The van der Waals surface area contributed by atoms with E-state index in [2.05, 4.69) is 89.4 Å². The molecular weight excluding hydrogens is 683 g/mol. The number of aliphatic hydroxyl groups is 2. The number of ether oxygens (including phenoxy) is 1. The number of ketones is 1. The van der Waals surface area contributed by atoms with Crippen molar-refractivity contribution in [2.45, 2.75) is 89.4 Å². The predicted octanol–water partition coefficient (Wildman–Crippen LogP) is 8.10. The van der Waals surface area contributed by atoms with Gasteiger partial charge in [0.25, 0.3) is 0 Å². The van der Waals surface area contributed by atoms with Gasteiger partial charge in [-0.3, -0.25) is 14.6 Å². The quantitative estimate of drug-likeness (QED) is 0.0291. The average molecular weight is 742 g/mol. The second kappa shape index (κ2) is 30.3. The van der Waals surface area contributed by atoms with Crippen LogP contribution in [0.3, 0.4) is 0 Å². The average Bonchev–Trinajstić information content (AvgIpc) is 3.13. The molecule has 0 radical (unpaired) electrons. The first-order chi connectivity index (χ1) is 24.7. The Morgan fingerprint density at radius 1 is 0.863 bits per heavy atom. The van der Waals surface area contributed by atoms with E-state index < -0.39 is 30.2 Å². The summed E-state index contributed by atoms with van der Waals surface area (Å²) in [6.07, 6.45) is 34.3. The number of carbonyl (C=O) groups excluding carboxylic acids is 3. The van der Waals surface area contributed by atoms with Crippen LogP contribution in [-0.2, 0) is 9.53 Å². The Hall–Kier alpha value is -3.38. The molecule has 0 saturated carbocycles. The zero-order valence-corrected chi connectivity index (χ0v) is 32.2. The Kier molecular flexibility index (Phi) is 27.1. The molecule has 1 atom stereocenters. The van der Waals surface area contributed by atoms with Crippen molar-refractivity contribution in [2.24, 2.45) is 5.92 Å². The van der Waals surface area contributed by atoms with Crippen LogP contribution in [0.4, 0.5) is 4.79 Å². The summed E-state index contributed by atoms with van der Waals surface area (Å²) in [4.78, 5) is 41.6. The molecule has 0 aliphatic rings. The predicted molar refractivity (Wildman–Crippen MR) is 214 cm³/mol. The van der Waals surface area contributed by atoms with Gasteiger partial charge in [-0.25, -0.2) is 4.79 Å². The zero-order valence-electron chi connectivity index (χ0n) is 30.6. The van der Waals surface area contributed by atoms with E-state index in [0.717, 1.165) is 38.5 Å². The van der Waals surface area contributed by atoms with Gasteiger partial charge in [0.15, 0.2) is 5.78 Å². The van der Waals surface area contributed by atoms with Crippen LogP contribution in [0, 0.1) is 5.92 Å². The van der Waals surface area contributed by atoms with Gasteiger partial charge in [0.2, 0.25) is 5.91 Å². The summed E-state index contributed by atoms with van der Waals surface area (Å²) in [5.74, 6) is 0.316. The molecule has 9 nitrogen and oxygen atoms in total. The fraction of sp³-hybridized carbons (Fsp3) is 0.500. The highest BCUT2D eigenvalue weighted by atomic mass is 33.1. The first-order valence-electron chi connectivity index (χ1n) is 17.8. The van der Waals surface area contributed by atoms with Crippen molar-refractivity contribution in [3.63, 3.8) is 0 Å².